The van der Waals surface area contributed by atoms with Crippen LogP contribution in [0, 0.1) is 6.92 Å². The topological polar surface area (TPSA) is 76.7 Å². The van der Waals surface area contributed by atoms with Crippen molar-refractivity contribution < 1.29 is 0 Å². The van der Waals surface area contributed by atoms with Gasteiger partial charge in [-0.2, -0.15) is 15.0 Å². The van der Waals surface area contributed by atoms with E-state index in [0.29, 0.717) is 11.8 Å². The standard InChI is InChI=1S/C12H14BrN5/c1-7(9-5-3-4-6-10(9)13)15-12-17-8(2)16-11(14)18-12/h3-7H,1-2H3,(H3,14,15,16,17,18). The number of halogens is 1. The number of aromatic nitrogens is 3. The third-order valence-corrected chi connectivity index (χ3v) is 3.20. The molecule has 5 nitrogen and oxygen atoms in total. The average molecular weight is 308 g/mol. The molecular formula is C12H14BrN5. The fraction of sp³-hybridized carbons (Fsp3) is 0.250. The van der Waals surface area contributed by atoms with Crippen LogP contribution in [0.25, 0.3) is 0 Å². The zero-order valence-corrected chi connectivity index (χ0v) is 11.8. The lowest BCUT2D eigenvalue weighted by molar-refractivity contribution is 0.843. The summed E-state index contributed by atoms with van der Waals surface area (Å²) in [6.07, 6.45) is 0. The van der Waals surface area contributed by atoms with Crippen molar-refractivity contribution in [3.8, 4) is 0 Å². The smallest absolute Gasteiger partial charge is 0.228 e. The van der Waals surface area contributed by atoms with Crippen LogP contribution in [0.15, 0.2) is 28.7 Å². The van der Waals surface area contributed by atoms with Crippen molar-refractivity contribution in [2.24, 2.45) is 0 Å². The molecule has 94 valence electrons. The Balaban J connectivity index is 2.21. The molecule has 0 aliphatic rings. The van der Waals surface area contributed by atoms with E-state index in [9.17, 15) is 0 Å². The Hall–Kier alpha value is -1.69. The van der Waals surface area contributed by atoms with Crippen LogP contribution in [0.5, 0.6) is 0 Å². The number of nitrogens with two attached hydrogens (primary N) is 1. The summed E-state index contributed by atoms with van der Waals surface area (Å²) in [5.41, 5.74) is 6.73. The number of aryl methyl sites for hydroxylation is 1. The highest BCUT2D eigenvalue weighted by Gasteiger charge is 2.10. The monoisotopic (exact) mass is 307 g/mol. The number of hydrogen-bond donors (Lipinski definition) is 2. The van der Waals surface area contributed by atoms with Crippen LogP contribution in [0.4, 0.5) is 11.9 Å². The molecule has 0 radical (unpaired) electrons. The third-order valence-electron chi connectivity index (χ3n) is 2.48. The Bertz CT molecular complexity index is 538. The first-order valence-electron chi connectivity index (χ1n) is 5.55. The predicted molar refractivity (Wildman–Crippen MR) is 75.2 cm³/mol. The van der Waals surface area contributed by atoms with Gasteiger partial charge in [0.15, 0.2) is 0 Å². The predicted octanol–water partition coefficient (Wildman–Crippen LogP) is 2.70. The number of anilines is 2. The first-order chi connectivity index (χ1) is 8.56. The fourth-order valence-corrected chi connectivity index (χ4v) is 2.29. The lowest BCUT2D eigenvalue weighted by Gasteiger charge is -2.15. The molecule has 0 aliphatic carbocycles. The summed E-state index contributed by atoms with van der Waals surface area (Å²) in [5, 5.41) is 3.21. The minimum Gasteiger partial charge on any atom is -0.368 e. The van der Waals surface area contributed by atoms with Crippen molar-refractivity contribution in [3.63, 3.8) is 0 Å². The summed E-state index contributed by atoms with van der Waals surface area (Å²) in [4.78, 5) is 12.2. The van der Waals surface area contributed by atoms with Gasteiger partial charge in [-0.3, -0.25) is 0 Å². The van der Waals surface area contributed by atoms with E-state index in [1.807, 2.05) is 31.2 Å². The van der Waals surface area contributed by atoms with Gasteiger partial charge in [0.2, 0.25) is 11.9 Å². The van der Waals surface area contributed by atoms with Gasteiger partial charge in [0.1, 0.15) is 5.82 Å². The molecule has 0 spiro atoms. The maximum atomic E-state index is 5.59. The molecule has 0 saturated carbocycles. The lowest BCUT2D eigenvalue weighted by Crippen LogP contribution is -2.12. The summed E-state index contributed by atoms with van der Waals surface area (Å²) in [6.45, 7) is 3.82. The van der Waals surface area contributed by atoms with Crippen molar-refractivity contribution in [1.82, 2.24) is 15.0 Å². The molecule has 0 amide bonds. The molecule has 6 heteroatoms. The van der Waals surface area contributed by atoms with Crippen molar-refractivity contribution >= 4 is 27.8 Å². The zero-order valence-electron chi connectivity index (χ0n) is 10.2. The molecule has 18 heavy (non-hydrogen) atoms. The maximum absolute atomic E-state index is 5.59. The molecule has 3 N–H and O–H groups in total. The average Bonchev–Trinajstić information content (AvgIpc) is 2.27. The van der Waals surface area contributed by atoms with Gasteiger partial charge >= 0.3 is 0 Å². The van der Waals surface area contributed by atoms with Gasteiger partial charge in [0.05, 0.1) is 6.04 Å². The molecule has 1 unspecified atom stereocenters. The fourth-order valence-electron chi connectivity index (χ4n) is 1.66. The molecule has 0 aliphatic heterocycles. The van der Waals surface area contributed by atoms with Crippen molar-refractivity contribution in [3.05, 3.63) is 40.1 Å². The Morgan fingerprint density at radius 1 is 1.22 bits per heavy atom. The minimum atomic E-state index is 0.0711. The van der Waals surface area contributed by atoms with Gasteiger partial charge in [-0.05, 0) is 25.5 Å². The SMILES string of the molecule is Cc1nc(N)nc(NC(C)c2ccccc2Br)n1. The van der Waals surface area contributed by atoms with Crippen LogP contribution in [0.1, 0.15) is 24.4 Å². The van der Waals surface area contributed by atoms with E-state index in [-0.39, 0.29) is 12.0 Å². The van der Waals surface area contributed by atoms with Gasteiger partial charge in [-0.25, -0.2) is 0 Å². The number of nitrogen functional groups attached to an aromatic ring is 1. The summed E-state index contributed by atoms with van der Waals surface area (Å²) in [7, 11) is 0. The number of rotatable bonds is 3. The molecule has 1 aromatic carbocycles. The summed E-state index contributed by atoms with van der Waals surface area (Å²) in [6, 6.07) is 8.08. The Labute approximate surface area is 114 Å². The molecule has 1 heterocycles. The minimum absolute atomic E-state index is 0.0711. The Morgan fingerprint density at radius 2 is 1.94 bits per heavy atom. The van der Waals surface area contributed by atoms with Gasteiger partial charge < -0.3 is 11.1 Å². The van der Waals surface area contributed by atoms with E-state index in [0.717, 1.165) is 10.0 Å². The van der Waals surface area contributed by atoms with Gasteiger partial charge in [0, 0.05) is 4.47 Å². The molecule has 0 fully saturated rings. The normalized spacial score (nSPS) is 12.2. The number of nitrogens with zero attached hydrogens (tertiary/aromatic N) is 3. The van der Waals surface area contributed by atoms with Crippen LogP contribution in [0.2, 0.25) is 0 Å². The molecular weight excluding hydrogens is 294 g/mol. The summed E-state index contributed by atoms with van der Waals surface area (Å²) >= 11 is 3.52. The van der Waals surface area contributed by atoms with Gasteiger partial charge in [-0.15, -0.1) is 0 Å². The van der Waals surface area contributed by atoms with Gasteiger partial charge in [-0.1, -0.05) is 34.1 Å². The first kappa shape index (κ1) is 12.8. The van der Waals surface area contributed by atoms with E-state index < -0.39 is 0 Å². The van der Waals surface area contributed by atoms with Crippen LogP contribution >= 0.6 is 15.9 Å². The summed E-state index contributed by atoms with van der Waals surface area (Å²) in [5.74, 6) is 1.32. The van der Waals surface area contributed by atoms with E-state index in [2.05, 4.69) is 36.2 Å². The second-order valence-electron chi connectivity index (χ2n) is 3.95. The van der Waals surface area contributed by atoms with Crippen LogP contribution in [-0.2, 0) is 0 Å². The third kappa shape index (κ3) is 2.95. The van der Waals surface area contributed by atoms with Crippen LogP contribution < -0.4 is 11.1 Å². The Morgan fingerprint density at radius 3 is 2.61 bits per heavy atom. The van der Waals surface area contributed by atoms with Crippen LogP contribution in [0.3, 0.4) is 0 Å². The second kappa shape index (κ2) is 5.30. The quantitative estimate of drug-likeness (QED) is 0.911. The molecule has 1 atom stereocenters. The number of benzene rings is 1. The molecule has 2 aromatic rings. The molecule has 2 rings (SSSR count). The van der Waals surface area contributed by atoms with Crippen molar-refractivity contribution in [2.75, 3.05) is 11.1 Å². The van der Waals surface area contributed by atoms with E-state index in [1.165, 1.54) is 0 Å². The number of nitrogens with one attached hydrogen (secondary N) is 1. The highest BCUT2D eigenvalue weighted by Crippen LogP contribution is 2.24. The molecule has 1 aromatic heterocycles. The van der Waals surface area contributed by atoms with E-state index >= 15 is 0 Å². The van der Waals surface area contributed by atoms with E-state index in [4.69, 9.17) is 5.73 Å². The summed E-state index contributed by atoms with van der Waals surface area (Å²) < 4.78 is 1.05. The molecule has 0 saturated heterocycles. The molecule has 0 bridgehead atoms. The Kier molecular flexibility index (Phi) is 3.76. The largest absolute Gasteiger partial charge is 0.368 e. The van der Waals surface area contributed by atoms with E-state index in [1.54, 1.807) is 6.92 Å². The maximum Gasteiger partial charge on any atom is 0.228 e. The lowest BCUT2D eigenvalue weighted by atomic mass is 10.1. The van der Waals surface area contributed by atoms with Crippen molar-refractivity contribution in [2.45, 2.75) is 19.9 Å². The highest BCUT2D eigenvalue weighted by atomic mass is 79.9. The van der Waals surface area contributed by atoms with Crippen LogP contribution in [-0.4, -0.2) is 15.0 Å². The number of hydrogen-bond acceptors (Lipinski definition) is 5. The zero-order chi connectivity index (χ0) is 13.1. The van der Waals surface area contributed by atoms with Gasteiger partial charge in [0.25, 0.3) is 0 Å². The highest BCUT2D eigenvalue weighted by molar-refractivity contribution is 9.10. The first-order valence-corrected chi connectivity index (χ1v) is 6.34. The van der Waals surface area contributed by atoms with Crippen molar-refractivity contribution in [1.29, 1.82) is 0 Å². The second-order valence-corrected chi connectivity index (χ2v) is 4.81.